The predicted molar refractivity (Wildman–Crippen MR) is 94.6 cm³/mol. The number of fused-ring (bicyclic) bond motifs is 1. The van der Waals surface area contributed by atoms with Gasteiger partial charge in [-0.15, -0.1) is 0 Å². The van der Waals surface area contributed by atoms with Crippen LogP contribution in [0.2, 0.25) is 0 Å². The van der Waals surface area contributed by atoms with Crippen LogP contribution >= 0.6 is 0 Å². The molecule has 1 aromatic carbocycles. The highest BCUT2D eigenvalue weighted by Gasteiger charge is 2.25. The standard InChI is InChI=1S/C19H19N3O3/c1-13-6-5-9-22-17(13)20-16(14-7-3-2-4-8-14)18(22)21-19(23)15-12-24-10-11-25-15/h2-9,15H,10-12H2,1H3,(H,21,23)/t15-/m1/s1. The summed E-state index contributed by atoms with van der Waals surface area (Å²) < 4.78 is 12.7. The van der Waals surface area contributed by atoms with E-state index in [1.165, 1.54) is 0 Å². The lowest BCUT2D eigenvalue weighted by atomic mass is 10.1. The highest BCUT2D eigenvalue weighted by molar-refractivity contribution is 5.97. The van der Waals surface area contributed by atoms with Gasteiger partial charge in [0.25, 0.3) is 5.91 Å². The fraction of sp³-hybridized carbons (Fsp3) is 0.263. The minimum Gasteiger partial charge on any atom is -0.376 e. The number of carbonyl (C=O) groups excluding carboxylic acids is 1. The van der Waals surface area contributed by atoms with E-state index in [0.29, 0.717) is 19.0 Å². The number of ether oxygens (including phenoxy) is 2. The third-order valence-electron chi connectivity index (χ3n) is 4.24. The van der Waals surface area contributed by atoms with Crippen LogP contribution in [-0.2, 0) is 14.3 Å². The van der Waals surface area contributed by atoms with Crippen LogP contribution in [0.5, 0.6) is 0 Å². The SMILES string of the molecule is Cc1cccn2c(NC(=O)[C@H]3COCCO3)c(-c3ccccc3)nc12. The zero-order valence-electron chi connectivity index (χ0n) is 13.9. The molecule has 0 saturated carbocycles. The maximum Gasteiger partial charge on any atom is 0.257 e. The lowest BCUT2D eigenvalue weighted by Crippen LogP contribution is -2.39. The molecule has 0 spiro atoms. The van der Waals surface area contributed by atoms with Crippen molar-refractivity contribution in [3.63, 3.8) is 0 Å². The number of rotatable bonds is 3. The molecule has 6 nitrogen and oxygen atoms in total. The lowest BCUT2D eigenvalue weighted by Gasteiger charge is -2.22. The molecule has 0 radical (unpaired) electrons. The molecule has 25 heavy (non-hydrogen) atoms. The van der Waals surface area contributed by atoms with Crippen molar-refractivity contribution in [1.82, 2.24) is 9.38 Å². The normalized spacial score (nSPS) is 17.6. The number of nitrogens with one attached hydrogen (secondary N) is 1. The molecule has 0 bridgehead atoms. The first kappa shape index (κ1) is 15.8. The van der Waals surface area contributed by atoms with Crippen molar-refractivity contribution in [2.24, 2.45) is 0 Å². The molecule has 1 aliphatic rings. The van der Waals surface area contributed by atoms with Crippen LogP contribution in [0, 0.1) is 6.92 Å². The second-order valence-corrected chi connectivity index (χ2v) is 5.98. The maximum absolute atomic E-state index is 12.6. The van der Waals surface area contributed by atoms with Gasteiger partial charge in [0.1, 0.15) is 17.2 Å². The summed E-state index contributed by atoms with van der Waals surface area (Å²) in [6, 6.07) is 13.8. The number of benzene rings is 1. The number of pyridine rings is 1. The largest absolute Gasteiger partial charge is 0.376 e. The first-order valence-corrected chi connectivity index (χ1v) is 8.27. The van der Waals surface area contributed by atoms with Crippen molar-refractivity contribution in [1.29, 1.82) is 0 Å². The molecule has 1 atom stereocenters. The molecular formula is C19H19N3O3. The van der Waals surface area contributed by atoms with Crippen LogP contribution in [0.4, 0.5) is 5.82 Å². The molecule has 1 saturated heterocycles. The summed E-state index contributed by atoms with van der Waals surface area (Å²) >= 11 is 0. The van der Waals surface area contributed by atoms with Crippen molar-refractivity contribution in [3.05, 3.63) is 54.2 Å². The fourth-order valence-corrected chi connectivity index (χ4v) is 2.96. The molecule has 2 aromatic heterocycles. The average molecular weight is 337 g/mol. The number of nitrogens with zero attached hydrogens (tertiary/aromatic N) is 2. The Balaban J connectivity index is 1.78. The minimum absolute atomic E-state index is 0.222. The van der Waals surface area contributed by atoms with Gasteiger partial charge in [-0.1, -0.05) is 36.4 Å². The van der Waals surface area contributed by atoms with Gasteiger partial charge in [-0.2, -0.15) is 0 Å². The van der Waals surface area contributed by atoms with E-state index in [9.17, 15) is 4.79 Å². The second kappa shape index (κ2) is 6.66. The highest BCUT2D eigenvalue weighted by atomic mass is 16.6. The Kier molecular flexibility index (Phi) is 4.21. The molecule has 1 amide bonds. The van der Waals surface area contributed by atoms with Gasteiger partial charge in [-0.25, -0.2) is 4.98 Å². The molecule has 1 fully saturated rings. The number of aromatic nitrogens is 2. The van der Waals surface area contributed by atoms with Crippen molar-refractivity contribution in [3.8, 4) is 11.3 Å². The quantitative estimate of drug-likeness (QED) is 0.798. The summed E-state index contributed by atoms with van der Waals surface area (Å²) in [6.45, 7) is 3.22. The van der Waals surface area contributed by atoms with Crippen LogP contribution in [0.25, 0.3) is 16.9 Å². The Morgan fingerprint density at radius 1 is 1.20 bits per heavy atom. The molecule has 128 valence electrons. The molecular weight excluding hydrogens is 318 g/mol. The summed E-state index contributed by atoms with van der Waals surface area (Å²) in [4.78, 5) is 17.4. The molecule has 1 aliphatic heterocycles. The van der Waals surface area contributed by atoms with E-state index in [4.69, 9.17) is 14.5 Å². The summed E-state index contributed by atoms with van der Waals surface area (Å²) in [5.41, 5.74) is 3.54. The number of aryl methyl sites for hydroxylation is 1. The van der Waals surface area contributed by atoms with Gasteiger partial charge in [-0.05, 0) is 18.6 Å². The van der Waals surface area contributed by atoms with Crippen molar-refractivity contribution in [2.45, 2.75) is 13.0 Å². The number of anilines is 1. The van der Waals surface area contributed by atoms with Gasteiger partial charge in [0, 0.05) is 11.8 Å². The van der Waals surface area contributed by atoms with Gasteiger partial charge < -0.3 is 14.8 Å². The van der Waals surface area contributed by atoms with Gasteiger partial charge in [0.15, 0.2) is 6.10 Å². The Hall–Kier alpha value is -2.70. The molecule has 3 aromatic rings. The fourth-order valence-electron chi connectivity index (χ4n) is 2.96. The summed E-state index contributed by atoms with van der Waals surface area (Å²) in [5, 5.41) is 2.99. The molecule has 0 aliphatic carbocycles. The highest BCUT2D eigenvalue weighted by Crippen LogP contribution is 2.30. The van der Waals surface area contributed by atoms with Crippen LogP contribution in [0.1, 0.15) is 5.56 Å². The van der Waals surface area contributed by atoms with Crippen molar-refractivity contribution >= 4 is 17.4 Å². The van der Waals surface area contributed by atoms with Gasteiger partial charge in [-0.3, -0.25) is 9.20 Å². The molecule has 0 unspecified atom stereocenters. The topological polar surface area (TPSA) is 64.9 Å². The van der Waals surface area contributed by atoms with Gasteiger partial charge in [0.05, 0.1) is 19.8 Å². The molecule has 4 rings (SSSR count). The zero-order chi connectivity index (χ0) is 17.2. The molecule has 1 N–H and O–H groups in total. The van der Waals surface area contributed by atoms with Crippen LogP contribution in [0.15, 0.2) is 48.7 Å². The van der Waals surface area contributed by atoms with Crippen LogP contribution < -0.4 is 5.32 Å². The van der Waals surface area contributed by atoms with Crippen molar-refractivity contribution < 1.29 is 14.3 Å². The Bertz CT molecular complexity index is 899. The van der Waals surface area contributed by atoms with Gasteiger partial charge in [0.2, 0.25) is 0 Å². The number of hydrogen-bond donors (Lipinski definition) is 1. The second-order valence-electron chi connectivity index (χ2n) is 5.98. The Labute approximate surface area is 145 Å². The summed E-state index contributed by atoms with van der Waals surface area (Å²) in [6.07, 6.45) is 1.29. The monoisotopic (exact) mass is 337 g/mol. The maximum atomic E-state index is 12.6. The predicted octanol–water partition coefficient (Wildman–Crippen LogP) is 2.66. The van der Waals surface area contributed by atoms with E-state index in [2.05, 4.69) is 5.32 Å². The smallest absolute Gasteiger partial charge is 0.257 e. The third-order valence-corrected chi connectivity index (χ3v) is 4.24. The number of amides is 1. The number of hydrogen-bond acceptors (Lipinski definition) is 4. The van der Waals surface area contributed by atoms with E-state index in [0.717, 1.165) is 22.5 Å². The molecule has 3 heterocycles. The Morgan fingerprint density at radius 2 is 2.04 bits per heavy atom. The van der Waals surface area contributed by atoms with Gasteiger partial charge >= 0.3 is 0 Å². The van der Waals surface area contributed by atoms with E-state index in [-0.39, 0.29) is 12.5 Å². The van der Waals surface area contributed by atoms with E-state index >= 15 is 0 Å². The number of carbonyl (C=O) groups is 1. The zero-order valence-corrected chi connectivity index (χ0v) is 13.9. The average Bonchev–Trinajstić information content (AvgIpc) is 3.03. The van der Waals surface area contributed by atoms with Crippen molar-refractivity contribution in [2.75, 3.05) is 25.1 Å². The number of imidazole rings is 1. The van der Waals surface area contributed by atoms with E-state index in [1.807, 2.05) is 60.0 Å². The lowest BCUT2D eigenvalue weighted by molar-refractivity contribution is -0.142. The Morgan fingerprint density at radius 3 is 2.80 bits per heavy atom. The van der Waals surface area contributed by atoms with E-state index < -0.39 is 6.10 Å². The summed E-state index contributed by atoms with van der Waals surface area (Å²) in [5.74, 6) is 0.421. The first-order chi connectivity index (χ1) is 12.2. The minimum atomic E-state index is -0.604. The van der Waals surface area contributed by atoms with Crippen LogP contribution in [-0.4, -0.2) is 41.2 Å². The summed E-state index contributed by atoms with van der Waals surface area (Å²) in [7, 11) is 0. The molecule has 6 heteroatoms. The first-order valence-electron chi connectivity index (χ1n) is 8.27. The third kappa shape index (κ3) is 3.01. The van der Waals surface area contributed by atoms with E-state index in [1.54, 1.807) is 0 Å². The van der Waals surface area contributed by atoms with Crippen LogP contribution in [0.3, 0.4) is 0 Å².